The van der Waals surface area contributed by atoms with Crippen LogP contribution in [0.15, 0.2) is 55.1 Å². The van der Waals surface area contributed by atoms with Crippen LogP contribution >= 0.6 is 0 Å². The Labute approximate surface area is 158 Å². The SMILES string of the molecule is C=C/C(=C\C=C/C)c1ccc(N)cc1.CCCOC.CNC(=O)CCO. The van der Waals surface area contributed by atoms with Crippen LogP contribution in [0.1, 0.15) is 32.3 Å². The summed E-state index contributed by atoms with van der Waals surface area (Å²) in [5.74, 6) is -0.123. The van der Waals surface area contributed by atoms with E-state index in [9.17, 15) is 4.79 Å². The van der Waals surface area contributed by atoms with Gasteiger partial charge < -0.3 is 20.9 Å². The monoisotopic (exact) mass is 362 g/mol. The minimum absolute atomic E-state index is 0.0698. The topological polar surface area (TPSA) is 84.6 Å². The first-order valence-corrected chi connectivity index (χ1v) is 8.62. The first-order chi connectivity index (χ1) is 12.5. The van der Waals surface area contributed by atoms with Gasteiger partial charge in [0.2, 0.25) is 5.91 Å². The highest BCUT2D eigenvalue weighted by Crippen LogP contribution is 2.16. The number of nitrogens with two attached hydrogens (primary N) is 1. The Bertz CT molecular complexity index is 533. The van der Waals surface area contributed by atoms with Gasteiger partial charge in [0.15, 0.2) is 0 Å². The second-order valence-electron chi connectivity index (χ2n) is 5.11. The van der Waals surface area contributed by atoms with Gasteiger partial charge in [0.25, 0.3) is 0 Å². The molecule has 1 aromatic carbocycles. The average Bonchev–Trinajstić information content (AvgIpc) is 2.65. The predicted octanol–water partition coefficient (Wildman–Crippen LogP) is 3.57. The molecule has 0 heterocycles. The van der Waals surface area contributed by atoms with Crippen molar-refractivity contribution in [2.75, 3.05) is 33.1 Å². The number of aliphatic hydroxyl groups is 1. The average molecular weight is 363 g/mol. The van der Waals surface area contributed by atoms with E-state index in [1.54, 1.807) is 7.11 Å². The lowest BCUT2D eigenvalue weighted by Gasteiger charge is -2.01. The number of hydrogen-bond donors (Lipinski definition) is 3. The molecule has 0 bridgehead atoms. The molecule has 5 heteroatoms. The van der Waals surface area contributed by atoms with Gasteiger partial charge in [-0.1, -0.05) is 49.9 Å². The number of allylic oxidation sites excluding steroid dienone is 5. The number of benzene rings is 1. The third-order valence-corrected chi connectivity index (χ3v) is 2.96. The van der Waals surface area contributed by atoms with Crippen LogP contribution in [0.2, 0.25) is 0 Å². The summed E-state index contributed by atoms with van der Waals surface area (Å²) >= 11 is 0. The standard InChI is InChI=1S/C13H15N.C4H9NO2.C4H10O/c1-3-5-6-11(4-2)12-7-9-13(14)10-8-12;1-5-4(7)2-3-6;1-3-4-5-2/h3-10H,2,14H2,1H3;6H,2-3H2,1H3,(H,5,7);3-4H2,1-2H3/b5-3-,11-6+;;. The van der Waals surface area contributed by atoms with E-state index >= 15 is 0 Å². The van der Waals surface area contributed by atoms with Gasteiger partial charge in [0, 0.05) is 32.9 Å². The molecule has 0 aliphatic carbocycles. The van der Waals surface area contributed by atoms with E-state index in [0.717, 1.165) is 29.9 Å². The third-order valence-electron chi connectivity index (χ3n) is 2.96. The Hall–Kier alpha value is -2.37. The molecule has 0 aliphatic heterocycles. The smallest absolute Gasteiger partial charge is 0.222 e. The molecule has 0 unspecified atom stereocenters. The van der Waals surface area contributed by atoms with Crippen LogP contribution in [0, 0.1) is 0 Å². The molecular formula is C21H34N2O3. The summed E-state index contributed by atoms with van der Waals surface area (Å²) in [4.78, 5) is 10.1. The van der Waals surface area contributed by atoms with Crippen molar-refractivity contribution in [3.05, 3.63) is 60.7 Å². The van der Waals surface area contributed by atoms with E-state index in [1.807, 2.05) is 55.5 Å². The van der Waals surface area contributed by atoms with Gasteiger partial charge in [-0.05, 0) is 36.6 Å². The molecule has 146 valence electrons. The first kappa shape index (κ1) is 25.9. The van der Waals surface area contributed by atoms with Crippen molar-refractivity contribution >= 4 is 17.2 Å². The summed E-state index contributed by atoms with van der Waals surface area (Å²) in [6.07, 6.45) is 9.17. The zero-order valence-electron chi connectivity index (χ0n) is 16.5. The molecule has 1 aromatic rings. The van der Waals surface area contributed by atoms with E-state index in [2.05, 4.69) is 18.8 Å². The summed E-state index contributed by atoms with van der Waals surface area (Å²) in [7, 11) is 3.25. The van der Waals surface area contributed by atoms with Crippen LogP contribution in [0.25, 0.3) is 5.57 Å². The lowest BCUT2D eigenvalue weighted by Crippen LogP contribution is -2.18. The Balaban J connectivity index is 0. The van der Waals surface area contributed by atoms with Gasteiger partial charge in [-0.3, -0.25) is 4.79 Å². The van der Waals surface area contributed by atoms with Crippen molar-refractivity contribution in [2.45, 2.75) is 26.7 Å². The minimum atomic E-state index is -0.123. The second kappa shape index (κ2) is 19.0. The Morgan fingerprint density at radius 1 is 1.35 bits per heavy atom. The van der Waals surface area contributed by atoms with Crippen LogP contribution in [0.4, 0.5) is 5.69 Å². The van der Waals surface area contributed by atoms with Crippen molar-refractivity contribution in [3.63, 3.8) is 0 Å². The second-order valence-corrected chi connectivity index (χ2v) is 5.11. The number of rotatable bonds is 7. The largest absolute Gasteiger partial charge is 0.399 e. The molecule has 0 aromatic heterocycles. The van der Waals surface area contributed by atoms with Crippen LogP contribution in [-0.4, -0.2) is 38.4 Å². The normalized spacial score (nSPS) is 10.3. The maximum absolute atomic E-state index is 10.1. The predicted molar refractivity (Wildman–Crippen MR) is 112 cm³/mol. The fraction of sp³-hybridized carbons (Fsp3) is 0.381. The zero-order valence-corrected chi connectivity index (χ0v) is 16.5. The first-order valence-electron chi connectivity index (χ1n) is 8.62. The van der Waals surface area contributed by atoms with Crippen molar-refractivity contribution < 1.29 is 14.6 Å². The lowest BCUT2D eigenvalue weighted by atomic mass is 10.1. The van der Waals surface area contributed by atoms with E-state index in [0.29, 0.717) is 0 Å². The molecule has 1 rings (SSSR count). The van der Waals surface area contributed by atoms with Gasteiger partial charge in [-0.2, -0.15) is 0 Å². The molecule has 0 aliphatic rings. The van der Waals surface area contributed by atoms with Crippen LogP contribution in [-0.2, 0) is 9.53 Å². The number of anilines is 1. The molecule has 26 heavy (non-hydrogen) atoms. The number of ether oxygens (including phenoxy) is 1. The number of carbonyl (C=O) groups excluding carboxylic acids is 1. The number of aliphatic hydroxyl groups excluding tert-OH is 1. The maximum atomic E-state index is 10.1. The molecule has 0 saturated heterocycles. The molecule has 5 nitrogen and oxygen atoms in total. The summed E-state index contributed by atoms with van der Waals surface area (Å²) < 4.78 is 4.69. The third kappa shape index (κ3) is 15.2. The van der Waals surface area contributed by atoms with Crippen LogP contribution < -0.4 is 11.1 Å². The molecule has 0 fully saturated rings. The maximum Gasteiger partial charge on any atom is 0.222 e. The number of methoxy groups -OCH3 is 1. The van der Waals surface area contributed by atoms with Gasteiger partial charge in [0.05, 0.1) is 6.61 Å². The highest BCUT2D eigenvalue weighted by molar-refractivity contribution is 5.75. The van der Waals surface area contributed by atoms with E-state index < -0.39 is 0 Å². The fourth-order valence-electron chi connectivity index (χ4n) is 1.59. The van der Waals surface area contributed by atoms with E-state index in [4.69, 9.17) is 15.6 Å². The molecule has 0 radical (unpaired) electrons. The van der Waals surface area contributed by atoms with Crippen molar-refractivity contribution in [1.29, 1.82) is 0 Å². The van der Waals surface area contributed by atoms with E-state index in [1.165, 1.54) is 7.05 Å². The van der Waals surface area contributed by atoms with Crippen molar-refractivity contribution in [1.82, 2.24) is 5.32 Å². The van der Waals surface area contributed by atoms with Crippen LogP contribution in [0.3, 0.4) is 0 Å². The number of carbonyl (C=O) groups is 1. The zero-order chi connectivity index (χ0) is 20.2. The Morgan fingerprint density at radius 3 is 2.27 bits per heavy atom. The number of amides is 1. The van der Waals surface area contributed by atoms with E-state index in [-0.39, 0.29) is 18.9 Å². The molecular weight excluding hydrogens is 328 g/mol. The summed E-state index contributed by atoms with van der Waals surface area (Å²) in [5.41, 5.74) is 8.62. The molecule has 0 saturated carbocycles. The summed E-state index contributed by atoms with van der Waals surface area (Å²) in [5, 5.41) is 10.5. The quantitative estimate of drug-likeness (QED) is 0.511. The summed E-state index contributed by atoms with van der Waals surface area (Å²) in [6.45, 7) is 8.67. The van der Waals surface area contributed by atoms with Gasteiger partial charge in [-0.15, -0.1) is 0 Å². The highest BCUT2D eigenvalue weighted by Gasteiger charge is 1.94. The van der Waals surface area contributed by atoms with Gasteiger partial charge in [-0.25, -0.2) is 0 Å². The molecule has 4 N–H and O–H groups in total. The number of hydrogen-bond acceptors (Lipinski definition) is 4. The van der Waals surface area contributed by atoms with Crippen molar-refractivity contribution in [2.24, 2.45) is 0 Å². The Morgan fingerprint density at radius 2 is 1.96 bits per heavy atom. The number of nitrogens with one attached hydrogen (secondary N) is 1. The number of nitrogen functional groups attached to an aromatic ring is 1. The van der Waals surface area contributed by atoms with Gasteiger partial charge >= 0.3 is 0 Å². The molecule has 1 amide bonds. The molecule has 0 spiro atoms. The highest BCUT2D eigenvalue weighted by atomic mass is 16.5. The molecule has 0 atom stereocenters. The Kier molecular flexibility index (Phi) is 18.9. The van der Waals surface area contributed by atoms with Gasteiger partial charge in [0.1, 0.15) is 0 Å². The minimum Gasteiger partial charge on any atom is -0.399 e. The lowest BCUT2D eigenvalue weighted by molar-refractivity contribution is -0.121. The van der Waals surface area contributed by atoms with Crippen LogP contribution in [0.5, 0.6) is 0 Å². The summed E-state index contributed by atoms with van der Waals surface area (Å²) in [6, 6.07) is 7.77. The fourth-order valence-corrected chi connectivity index (χ4v) is 1.59. The van der Waals surface area contributed by atoms with Crippen molar-refractivity contribution in [3.8, 4) is 0 Å².